The SMILES string of the molecule is CC(C)C(C(=O)O)c1cccc(Cl)c1N. The fourth-order valence-electron chi connectivity index (χ4n) is 1.60. The minimum Gasteiger partial charge on any atom is -0.481 e. The third kappa shape index (κ3) is 2.42. The van der Waals surface area contributed by atoms with E-state index in [4.69, 9.17) is 22.4 Å². The molecule has 1 aromatic rings. The Morgan fingerprint density at radius 2 is 2.07 bits per heavy atom. The molecule has 1 atom stereocenters. The number of para-hydroxylation sites is 1. The summed E-state index contributed by atoms with van der Waals surface area (Å²) in [6, 6.07) is 5.08. The van der Waals surface area contributed by atoms with E-state index >= 15 is 0 Å². The fourth-order valence-corrected chi connectivity index (χ4v) is 1.78. The lowest BCUT2D eigenvalue weighted by Crippen LogP contribution is -2.18. The van der Waals surface area contributed by atoms with Crippen molar-refractivity contribution in [3.05, 3.63) is 28.8 Å². The fraction of sp³-hybridized carbons (Fsp3) is 0.364. The second kappa shape index (κ2) is 4.53. The maximum Gasteiger partial charge on any atom is 0.311 e. The van der Waals surface area contributed by atoms with E-state index in [9.17, 15) is 4.79 Å². The lowest BCUT2D eigenvalue weighted by molar-refractivity contribution is -0.139. The van der Waals surface area contributed by atoms with Crippen molar-refractivity contribution in [1.82, 2.24) is 0 Å². The van der Waals surface area contributed by atoms with Crippen LogP contribution in [-0.4, -0.2) is 11.1 Å². The molecule has 0 aliphatic carbocycles. The van der Waals surface area contributed by atoms with Gasteiger partial charge in [-0.25, -0.2) is 0 Å². The number of hydrogen-bond donors (Lipinski definition) is 2. The first-order valence-corrected chi connectivity index (χ1v) is 5.09. The summed E-state index contributed by atoms with van der Waals surface area (Å²) >= 11 is 5.85. The van der Waals surface area contributed by atoms with Crippen molar-refractivity contribution in [2.45, 2.75) is 19.8 Å². The number of halogens is 1. The molecule has 3 nitrogen and oxygen atoms in total. The molecule has 0 aromatic heterocycles. The van der Waals surface area contributed by atoms with Crippen molar-refractivity contribution >= 4 is 23.3 Å². The predicted octanol–water partition coefficient (Wildman–Crippen LogP) is 2.75. The smallest absolute Gasteiger partial charge is 0.311 e. The van der Waals surface area contributed by atoms with E-state index in [-0.39, 0.29) is 5.92 Å². The Hall–Kier alpha value is -1.22. The summed E-state index contributed by atoms with van der Waals surface area (Å²) in [4.78, 5) is 11.1. The standard InChI is InChI=1S/C11H14ClNO2/c1-6(2)9(11(14)15)7-4-3-5-8(12)10(7)13/h3-6,9H,13H2,1-2H3,(H,14,15). The monoisotopic (exact) mass is 227 g/mol. The Labute approximate surface area is 93.9 Å². The molecule has 0 aliphatic heterocycles. The van der Waals surface area contributed by atoms with E-state index in [0.29, 0.717) is 16.3 Å². The van der Waals surface area contributed by atoms with Crippen LogP contribution in [0.5, 0.6) is 0 Å². The average molecular weight is 228 g/mol. The van der Waals surface area contributed by atoms with Crippen LogP contribution >= 0.6 is 11.6 Å². The van der Waals surface area contributed by atoms with Gasteiger partial charge in [-0.15, -0.1) is 0 Å². The van der Waals surface area contributed by atoms with Gasteiger partial charge in [0.1, 0.15) is 0 Å². The van der Waals surface area contributed by atoms with Crippen LogP contribution in [-0.2, 0) is 4.79 Å². The number of rotatable bonds is 3. The summed E-state index contributed by atoms with van der Waals surface area (Å²) in [5.74, 6) is -1.51. The van der Waals surface area contributed by atoms with Crippen LogP contribution in [0.15, 0.2) is 18.2 Å². The number of carbonyl (C=O) groups is 1. The molecule has 0 heterocycles. The van der Waals surface area contributed by atoms with E-state index < -0.39 is 11.9 Å². The van der Waals surface area contributed by atoms with Gasteiger partial charge in [0.05, 0.1) is 16.6 Å². The van der Waals surface area contributed by atoms with Gasteiger partial charge in [-0.05, 0) is 17.5 Å². The van der Waals surface area contributed by atoms with Gasteiger partial charge in [0.15, 0.2) is 0 Å². The molecule has 0 fully saturated rings. The van der Waals surface area contributed by atoms with Crippen molar-refractivity contribution in [3.8, 4) is 0 Å². The number of nitrogens with two attached hydrogens (primary N) is 1. The average Bonchev–Trinajstić information content (AvgIpc) is 2.11. The molecule has 0 aliphatic rings. The molecule has 0 bridgehead atoms. The number of hydrogen-bond acceptors (Lipinski definition) is 2. The molecule has 0 spiro atoms. The molecule has 3 N–H and O–H groups in total. The lowest BCUT2D eigenvalue weighted by atomic mass is 9.87. The zero-order chi connectivity index (χ0) is 11.6. The number of benzene rings is 1. The molecule has 15 heavy (non-hydrogen) atoms. The highest BCUT2D eigenvalue weighted by Crippen LogP contribution is 2.33. The van der Waals surface area contributed by atoms with Gasteiger partial charge in [-0.2, -0.15) is 0 Å². The minimum absolute atomic E-state index is 0.0248. The number of anilines is 1. The summed E-state index contributed by atoms with van der Waals surface area (Å²) in [5, 5.41) is 9.52. The molecule has 82 valence electrons. The molecule has 0 saturated carbocycles. The summed E-state index contributed by atoms with van der Waals surface area (Å²) in [5.41, 5.74) is 6.71. The first-order valence-electron chi connectivity index (χ1n) is 4.71. The van der Waals surface area contributed by atoms with Crippen LogP contribution in [0.2, 0.25) is 5.02 Å². The molecule has 0 amide bonds. The maximum atomic E-state index is 11.1. The molecule has 4 heteroatoms. The van der Waals surface area contributed by atoms with E-state index in [1.807, 2.05) is 13.8 Å². The summed E-state index contributed by atoms with van der Waals surface area (Å²) in [7, 11) is 0. The third-order valence-corrected chi connectivity index (χ3v) is 2.68. The minimum atomic E-state index is -0.876. The van der Waals surface area contributed by atoms with E-state index in [2.05, 4.69) is 0 Å². The Morgan fingerprint density at radius 3 is 2.53 bits per heavy atom. The topological polar surface area (TPSA) is 63.3 Å². The van der Waals surface area contributed by atoms with Gasteiger partial charge >= 0.3 is 5.97 Å². The predicted molar refractivity (Wildman–Crippen MR) is 61.1 cm³/mol. The Balaban J connectivity index is 3.23. The summed E-state index contributed by atoms with van der Waals surface area (Å²) < 4.78 is 0. The first-order chi connectivity index (χ1) is 6.95. The van der Waals surface area contributed by atoms with Gasteiger partial charge in [-0.3, -0.25) is 4.79 Å². The molecular weight excluding hydrogens is 214 g/mol. The first kappa shape index (κ1) is 11.9. The van der Waals surface area contributed by atoms with Crippen molar-refractivity contribution in [2.24, 2.45) is 5.92 Å². The van der Waals surface area contributed by atoms with Crippen molar-refractivity contribution in [2.75, 3.05) is 5.73 Å². The van der Waals surface area contributed by atoms with Gasteiger partial charge in [0, 0.05) is 0 Å². The van der Waals surface area contributed by atoms with Gasteiger partial charge in [0.2, 0.25) is 0 Å². The van der Waals surface area contributed by atoms with Gasteiger partial charge < -0.3 is 10.8 Å². The van der Waals surface area contributed by atoms with Crippen LogP contribution in [0.1, 0.15) is 25.3 Å². The summed E-state index contributed by atoms with van der Waals surface area (Å²) in [6.45, 7) is 3.69. The molecule has 0 radical (unpaired) electrons. The highest BCUT2D eigenvalue weighted by Gasteiger charge is 2.25. The zero-order valence-electron chi connectivity index (χ0n) is 8.70. The zero-order valence-corrected chi connectivity index (χ0v) is 9.45. The van der Waals surface area contributed by atoms with Crippen LogP contribution in [0.4, 0.5) is 5.69 Å². The molecule has 0 saturated heterocycles. The van der Waals surface area contributed by atoms with Crippen LogP contribution in [0.25, 0.3) is 0 Å². The molecule has 1 aromatic carbocycles. The van der Waals surface area contributed by atoms with Gasteiger partial charge in [0.25, 0.3) is 0 Å². The van der Waals surface area contributed by atoms with Crippen molar-refractivity contribution in [1.29, 1.82) is 0 Å². The summed E-state index contributed by atoms with van der Waals surface area (Å²) in [6.07, 6.45) is 0. The number of carboxylic acid groups (broad SMARTS) is 1. The van der Waals surface area contributed by atoms with Crippen molar-refractivity contribution in [3.63, 3.8) is 0 Å². The van der Waals surface area contributed by atoms with E-state index in [0.717, 1.165) is 0 Å². The van der Waals surface area contributed by atoms with E-state index in [1.54, 1.807) is 18.2 Å². The Morgan fingerprint density at radius 1 is 1.47 bits per heavy atom. The van der Waals surface area contributed by atoms with Crippen LogP contribution < -0.4 is 5.73 Å². The quantitative estimate of drug-likeness (QED) is 0.781. The normalized spacial score (nSPS) is 12.8. The number of carboxylic acids is 1. The number of aliphatic carboxylic acids is 1. The van der Waals surface area contributed by atoms with Gasteiger partial charge in [-0.1, -0.05) is 37.6 Å². The highest BCUT2D eigenvalue weighted by atomic mass is 35.5. The molecule has 1 unspecified atom stereocenters. The lowest BCUT2D eigenvalue weighted by Gasteiger charge is -2.18. The Bertz CT molecular complexity index is 377. The third-order valence-electron chi connectivity index (χ3n) is 2.35. The molecule has 1 rings (SSSR count). The van der Waals surface area contributed by atoms with Crippen LogP contribution in [0, 0.1) is 5.92 Å². The maximum absolute atomic E-state index is 11.1. The second-order valence-electron chi connectivity index (χ2n) is 3.80. The second-order valence-corrected chi connectivity index (χ2v) is 4.21. The Kier molecular flexibility index (Phi) is 3.58. The van der Waals surface area contributed by atoms with Crippen LogP contribution in [0.3, 0.4) is 0 Å². The number of nitrogen functional groups attached to an aromatic ring is 1. The van der Waals surface area contributed by atoms with Crippen molar-refractivity contribution < 1.29 is 9.90 Å². The molecular formula is C11H14ClNO2. The van der Waals surface area contributed by atoms with E-state index in [1.165, 1.54) is 0 Å². The highest BCUT2D eigenvalue weighted by molar-refractivity contribution is 6.33. The largest absolute Gasteiger partial charge is 0.481 e.